The van der Waals surface area contributed by atoms with Crippen molar-refractivity contribution in [1.82, 2.24) is 15.5 Å². The van der Waals surface area contributed by atoms with Gasteiger partial charge in [0, 0.05) is 19.5 Å². The summed E-state index contributed by atoms with van der Waals surface area (Å²) in [7, 11) is 0. The van der Waals surface area contributed by atoms with E-state index in [0.717, 1.165) is 25.7 Å². The third-order valence-corrected chi connectivity index (χ3v) is 6.12. The van der Waals surface area contributed by atoms with E-state index in [4.69, 9.17) is 12.2 Å². The number of nitrogens with two attached hydrogens (primary N) is 1. The third-order valence-electron chi connectivity index (χ3n) is 6.12. The summed E-state index contributed by atoms with van der Waals surface area (Å²) in [5, 5.41) is 5.07. The Bertz CT molecular complexity index is 724. The van der Waals surface area contributed by atoms with Crippen LogP contribution in [-0.4, -0.2) is 59.6 Å². The van der Waals surface area contributed by atoms with E-state index >= 15 is 0 Å². The summed E-state index contributed by atoms with van der Waals surface area (Å²) in [6.07, 6.45) is 13.5. The van der Waals surface area contributed by atoms with Gasteiger partial charge in [-0.05, 0) is 38.0 Å². The molecule has 1 saturated heterocycles. The first-order valence-corrected chi connectivity index (χ1v) is 11.1. The predicted octanol–water partition coefficient (Wildman–Crippen LogP) is 0.655. The summed E-state index contributed by atoms with van der Waals surface area (Å²) in [5.74, 6) is 0.339. The molecular weight excluding hydrogens is 396 g/mol. The molecule has 0 spiro atoms. The molecule has 2 aliphatic rings. The first kappa shape index (κ1) is 24.6. The number of Topliss-reactive ketones (excluding diaryl/α,β-unsaturated/α-hetero) is 1. The van der Waals surface area contributed by atoms with Crippen LogP contribution in [0, 0.1) is 18.3 Å². The van der Waals surface area contributed by atoms with Crippen LogP contribution in [0.2, 0.25) is 0 Å². The fraction of sp³-hybridized carbons (Fsp3) is 0.652. The first-order valence-electron chi connectivity index (χ1n) is 11.1. The number of rotatable bonds is 10. The van der Waals surface area contributed by atoms with Crippen LogP contribution < -0.4 is 16.4 Å². The van der Waals surface area contributed by atoms with Gasteiger partial charge in [0.25, 0.3) is 5.91 Å². The van der Waals surface area contributed by atoms with Crippen LogP contribution >= 0.6 is 0 Å². The van der Waals surface area contributed by atoms with E-state index in [2.05, 4.69) is 23.1 Å². The minimum absolute atomic E-state index is 0.143. The fourth-order valence-corrected chi connectivity index (χ4v) is 4.36. The number of ketones is 1. The Balaban J connectivity index is 2.04. The molecule has 0 bridgehead atoms. The largest absolute Gasteiger partial charge is 0.346 e. The minimum Gasteiger partial charge on any atom is -0.346 e. The summed E-state index contributed by atoms with van der Waals surface area (Å²) >= 11 is 0. The maximum Gasteiger partial charge on any atom is 0.289 e. The van der Waals surface area contributed by atoms with Gasteiger partial charge in [-0.3, -0.25) is 19.2 Å². The van der Waals surface area contributed by atoms with E-state index in [9.17, 15) is 19.2 Å². The van der Waals surface area contributed by atoms with Crippen molar-refractivity contribution in [2.24, 2.45) is 11.7 Å². The highest BCUT2D eigenvalue weighted by Gasteiger charge is 2.39. The number of amides is 3. The molecule has 1 aliphatic heterocycles. The maximum atomic E-state index is 13.0. The van der Waals surface area contributed by atoms with Crippen molar-refractivity contribution in [3.05, 3.63) is 12.7 Å². The van der Waals surface area contributed by atoms with Crippen LogP contribution in [-0.2, 0) is 19.2 Å². The van der Waals surface area contributed by atoms with Gasteiger partial charge >= 0.3 is 0 Å². The van der Waals surface area contributed by atoms with E-state index in [-0.39, 0.29) is 31.2 Å². The number of nitrogens with one attached hydrogen (secondary N) is 2. The second kappa shape index (κ2) is 12.3. The lowest BCUT2D eigenvalue weighted by molar-refractivity contribution is -0.143. The van der Waals surface area contributed by atoms with Gasteiger partial charge in [-0.15, -0.1) is 18.9 Å². The van der Waals surface area contributed by atoms with E-state index in [0.29, 0.717) is 19.4 Å². The molecule has 3 atom stereocenters. The summed E-state index contributed by atoms with van der Waals surface area (Å²) < 4.78 is 0. The number of carbonyl (C=O) groups excluding carboxylic acids is 4. The van der Waals surface area contributed by atoms with Crippen LogP contribution in [0.25, 0.3) is 0 Å². The predicted molar refractivity (Wildman–Crippen MR) is 117 cm³/mol. The van der Waals surface area contributed by atoms with Crippen LogP contribution in [0.15, 0.2) is 12.7 Å². The molecule has 2 fully saturated rings. The number of hydrogen-bond donors (Lipinski definition) is 3. The zero-order chi connectivity index (χ0) is 22.8. The lowest BCUT2D eigenvalue weighted by atomic mass is 9.83. The molecule has 8 heteroatoms. The number of hydrogen-bond acceptors (Lipinski definition) is 5. The number of carbonyl (C=O) groups is 4. The molecule has 0 aromatic rings. The highest BCUT2D eigenvalue weighted by atomic mass is 16.2. The van der Waals surface area contributed by atoms with Gasteiger partial charge in [0.2, 0.25) is 17.6 Å². The van der Waals surface area contributed by atoms with Crippen LogP contribution in [0.3, 0.4) is 0 Å². The average molecular weight is 431 g/mol. The molecule has 0 aromatic carbocycles. The van der Waals surface area contributed by atoms with Crippen molar-refractivity contribution >= 4 is 23.5 Å². The van der Waals surface area contributed by atoms with E-state index in [1.807, 2.05) is 0 Å². The van der Waals surface area contributed by atoms with Gasteiger partial charge in [0.05, 0.1) is 12.1 Å². The summed E-state index contributed by atoms with van der Waals surface area (Å²) in [4.78, 5) is 52.1. The molecule has 1 aliphatic carbocycles. The Morgan fingerprint density at radius 3 is 2.52 bits per heavy atom. The van der Waals surface area contributed by atoms with E-state index in [1.165, 1.54) is 17.4 Å². The van der Waals surface area contributed by atoms with Crippen molar-refractivity contribution in [2.75, 3.05) is 13.1 Å². The Morgan fingerprint density at radius 1 is 1.16 bits per heavy atom. The summed E-state index contributed by atoms with van der Waals surface area (Å²) in [6, 6.07) is -2.35. The smallest absolute Gasteiger partial charge is 0.289 e. The SMILES string of the molecule is C#CCCC(NC(=O)[C@@H]1CCCN1C(=O)[C@@H](N)C1CCCCC1)C(=O)C(=O)NCC=C. The van der Waals surface area contributed by atoms with Crippen LogP contribution in [0.1, 0.15) is 57.8 Å². The molecule has 170 valence electrons. The molecule has 2 rings (SSSR count). The Kier molecular flexibility index (Phi) is 9.73. The minimum atomic E-state index is -1.04. The van der Waals surface area contributed by atoms with Crippen molar-refractivity contribution in [1.29, 1.82) is 0 Å². The molecule has 3 amide bonds. The molecule has 1 heterocycles. The molecule has 0 aromatic heterocycles. The number of nitrogens with zero attached hydrogens (tertiary/aromatic N) is 1. The monoisotopic (exact) mass is 430 g/mol. The topological polar surface area (TPSA) is 122 Å². The molecule has 8 nitrogen and oxygen atoms in total. The highest BCUT2D eigenvalue weighted by molar-refractivity contribution is 6.38. The van der Waals surface area contributed by atoms with Gasteiger partial charge in [-0.1, -0.05) is 25.3 Å². The van der Waals surface area contributed by atoms with Crippen LogP contribution in [0.4, 0.5) is 0 Å². The lowest BCUT2D eigenvalue weighted by Gasteiger charge is -2.32. The van der Waals surface area contributed by atoms with Crippen molar-refractivity contribution in [2.45, 2.75) is 75.9 Å². The first-order chi connectivity index (χ1) is 14.9. The molecule has 4 N–H and O–H groups in total. The van der Waals surface area contributed by atoms with E-state index < -0.39 is 35.7 Å². The third kappa shape index (κ3) is 6.66. The second-order valence-corrected chi connectivity index (χ2v) is 8.28. The molecule has 1 saturated carbocycles. The Hall–Kier alpha value is -2.66. The zero-order valence-electron chi connectivity index (χ0n) is 18.1. The van der Waals surface area contributed by atoms with Gasteiger partial charge in [0.1, 0.15) is 6.04 Å². The van der Waals surface area contributed by atoms with Gasteiger partial charge in [-0.2, -0.15) is 0 Å². The van der Waals surface area contributed by atoms with E-state index in [1.54, 1.807) is 0 Å². The number of likely N-dealkylation sites (tertiary alicyclic amines) is 1. The summed E-state index contributed by atoms with van der Waals surface area (Å²) in [5.41, 5.74) is 6.28. The summed E-state index contributed by atoms with van der Waals surface area (Å²) in [6.45, 7) is 4.09. The Morgan fingerprint density at radius 2 is 1.87 bits per heavy atom. The van der Waals surface area contributed by atoms with Crippen LogP contribution in [0.5, 0.6) is 0 Å². The molecule has 1 unspecified atom stereocenters. The normalized spacial score (nSPS) is 20.9. The van der Waals surface area contributed by atoms with Crippen molar-refractivity contribution in [3.63, 3.8) is 0 Å². The average Bonchev–Trinajstić information content (AvgIpc) is 3.29. The fourth-order valence-electron chi connectivity index (χ4n) is 4.36. The molecular formula is C23H34N4O4. The maximum absolute atomic E-state index is 13.0. The standard InChI is InChI=1S/C23H34N4O4/c1-3-5-12-17(20(28)22(30)25-14-4-2)26-21(29)18-13-9-15-27(18)23(31)19(24)16-10-7-6-8-11-16/h1,4,16-19H,2,5-15,24H2,(H,25,30)(H,26,29)/t17?,18-,19-/m0/s1. The zero-order valence-corrected chi connectivity index (χ0v) is 18.1. The second-order valence-electron chi connectivity index (χ2n) is 8.28. The lowest BCUT2D eigenvalue weighted by Crippen LogP contribution is -2.56. The number of terminal acetylenes is 1. The Labute approximate surface area is 184 Å². The van der Waals surface area contributed by atoms with Crippen molar-refractivity contribution in [3.8, 4) is 12.3 Å². The molecule has 0 radical (unpaired) electrons. The van der Waals surface area contributed by atoms with Gasteiger partial charge in [0.15, 0.2) is 0 Å². The van der Waals surface area contributed by atoms with Gasteiger partial charge in [-0.25, -0.2) is 0 Å². The van der Waals surface area contributed by atoms with Crippen molar-refractivity contribution < 1.29 is 19.2 Å². The molecule has 31 heavy (non-hydrogen) atoms. The quantitative estimate of drug-likeness (QED) is 0.267. The highest BCUT2D eigenvalue weighted by Crippen LogP contribution is 2.28. The van der Waals surface area contributed by atoms with Gasteiger partial charge < -0.3 is 21.3 Å².